The molecule has 0 aliphatic heterocycles. The zero-order valence-corrected chi connectivity index (χ0v) is 9.82. The fraction of sp³-hybridized carbons (Fsp3) is 0.455. The fourth-order valence-corrected chi connectivity index (χ4v) is 1.13. The van der Waals surface area contributed by atoms with Crippen molar-refractivity contribution in [3.8, 4) is 17.2 Å². The Balaban J connectivity index is 2.71. The third kappa shape index (κ3) is 3.60. The Morgan fingerprint density at radius 3 is 2.06 bits per heavy atom. The summed E-state index contributed by atoms with van der Waals surface area (Å²) in [4.78, 5) is 0. The Hall–Kier alpha value is -1.46. The van der Waals surface area contributed by atoms with Crippen LogP contribution in [0.5, 0.6) is 17.2 Å². The van der Waals surface area contributed by atoms with Gasteiger partial charge in [0, 0.05) is 18.2 Å². The molecule has 5 heteroatoms. The van der Waals surface area contributed by atoms with Crippen molar-refractivity contribution in [2.24, 2.45) is 5.84 Å². The number of benzene rings is 1. The molecule has 1 rings (SSSR count). The van der Waals surface area contributed by atoms with E-state index in [0.717, 1.165) is 0 Å². The van der Waals surface area contributed by atoms with Crippen molar-refractivity contribution in [1.29, 1.82) is 0 Å². The number of methoxy groups -OCH3 is 2. The van der Waals surface area contributed by atoms with E-state index >= 15 is 0 Å². The lowest BCUT2D eigenvalue weighted by Crippen LogP contribution is -2.36. The predicted octanol–water partition coefficient (Wildman–Crippen LogP) is 0.934. The molecule has 0 aliphatic carbocycles. The van der Waals surface area contributed by atoms with Crippen molar-refractivity contribution >= 4 is 0 Å². The van der Waals surface area contributed by atoms with Crippen LogP contribution in [0.1, 0.15) is 6.92 Å². The van der Waals surface area contributed by atoms with Gasteiger partial charge in [-0.1, -0.05) is 0 Å². The highest BCUT2D eigenvalue weighted by Gasteiger charge is 2.04. The van der Waals surface area contributed by atoms with Crippen LogP contribution in [0.3, 0.4) is 0 Å². The summed E-state index contributed by atoms with van der Waals surface area (Å²) in [5.41, 5.74) is 2.60. The minimum absolute atomic E-state index is 0.0807. The Kier molecular flexibility index (Phi) is 4.88. The van der Waals surface area contributed by atoms with Crippen molar-refractivity contribution in [2.45, 2.75) is 13.0 Å². The largest absolute Gasteiger partial charge is 0.496 e. The average Bonchev–Trinajstić information content (AvgIpc) is 2.35. The van der Waals surface area contributed by atoms with Crippen LogP contribution in [-0.2, 0) is 0 Å². The second kappa shape index (κ2) is 6.19. The average molecular weight is 226 g/mol. The molecule has 1 atom stereocenters. The number of hydrogen-bond acceptors (Lipinski definition) is 5. The fourth-order valence-electron chi connectivity index (χ4n) is 1.13. The summed E-state index contributed by atoms with van der Waals surface area (Å²) in [6, 6.07) is 5.46. The normalized spacial score (nSPS) is 12.0. The zero-order chi connectivity index (χ0) is 12.0. The van der Waals surface area contributed by atoms with Gasteiger partial charge in [-0.05, 0) is 6.92 Å². The molecule has 0 bridgehead atoms. The van der Waals surface area contributed by atoms with Crippen LogP contribution in [0.25, 0.3) is 0 Å². The summed E-state index contributed by atoms with van der Waals surface area (Å²) in [5.74, 6) is 7.36. The minimum Gasteiger partial charge on any atom is -0.496 e. The van der Waals surface area contributed by atoms with Crippen LogP contribution < -0.4 is 25.5 Å². The van der Waals surface area contributed by atoms with Crippen molar-refractivity contribution in [3.63, 3.8) is 0 Å². The molecular weight excluding hydrogens is 208 g/mol. The van der Waals surface area contributed by atoms with E-state index in [9.17, 15) is 0 Å². The molecule has 0 saturated heterocycles. The molecule has 0 aliphatic rings. The zero-order valence-electron chi connectivity index (χ0n) is 9.82. The van der Waals surface area contributed by atoms with Gasteiger partial charge in [0.25, 0.3) is 0 Å². The van der Waals surface area contributed by atoms with E-state index in [1.807, 2.05) is 6.92 Å². The quantitative estimate of drug-likeness (QED) is 0.558. The summed E-state index contributed by atoms with van der Waals surface area (Å²) in [5, 5.41) is 0. The van der Waals surface area contributed by atoms with Crippen LogP contribution in [0.4, 0.5) is 0 Å². The summed E-state index contributed by atoms with van der Waals surface area (Å²) >= 11 is 0. The van der Waals surface area contributed by atoms with E-state index in [0.29, 0.717) is 23.9 Å². The lowest BCUT2D eigenvalue weighted by molar-refractivity contribution is 0.271. The van der Waals surface area contributed by atoms with Crippen LogP contribution >= 0.6 is 0 Å². The number of hydrogen-bond donors (Lipinski definition) is 2. The van der Waals surface area contributed by atoms with Crippen molar-refractivity contribution in [2.75, 3.05) is 20.8 Å². The molecule has 3 N–H and O–H groups in total. The Labute approximate surface area is 95.5 Å². The molecular formula is C11H18N2O3. The maximum absolute atomic E-state index is 5.54. The molecule has 5 nitrogen and oxygen atoms in total. The highest BCUT2D eigenvalue weighted by atomic mass is 16.5. The molecule has 0 saturated carbocycles. The van der Waals surface area contributed by atoms with Crippen molar-refractivity contribution in [3.05, 3.63) is 18.2 Å². The molecule has 0 radical (unpaired) electrons. The summed E-state index contributed by atoms with van der Waals surface area (Å²) in [6.45, 7) is 2.41. The molecule has 1 aromatic rings. The Morgan fingerprint density at radius 1 is 1.12 bits per heavy atom. The monoisotopic (exact) mass is 226 g/mol. The second-order valence-corrected chi connectivity index (χ2v) is 3.43. The minimum atomic E-state index is 0.0807. The van der Waals surface area contributed by atoms with Gasteiger partial charge in [-0.3, -0.25) is 11.3 Å². The van der Waals surface area contributed by atoms with Crippen molar-refractivity contribution < 1.29 is 14.2 Å². The molecule has 1 unspecified atom stereocenters. The predicted molar refractivity (Wildman–Crippen MR) is 61.8 cm³/mol. The number of ether oxygens (including phenoxy) is 3. The van der Waals surface area contributed by atoms with Crippen LogP contribution in [0.2, 0.25) is 0 Å². The molecule has 0 heterocycles. The first-order valence-corrected chi connectivity index (χ1v) is 5.01. The second-order valence-electron chi connectivity index (χ2n) is 3.43. The van der Waals surface area contributed by atoms with Gasteiger partial charge >= 0.3 is 0 Å². The van der Waals surface area contributed by atoms with Crippen LogP contribution in [0.15, 0.2) is 18.2 Å². The van der Waals surface area contributed by atoms with Gasteiger partial charge in [0.1, 0.15) is 23.9 Å². The first-order chi connectivity index (χ1) is 7.69. The van der Waals surface area contributed by atoms with E-state index in [1.165, 1.54) is 0 Å². The van der Waals surface area contributed by atoms with E-state index in [1.54, 1.807) is 32.4 Å². The molecule has 16 heavy (non-hydrogen) atoms. The smallest absolute Gasteiger partial charge is 0.126 e. The highest BCUT2D eigenvalue weighted by Crippen LogP contribution is 2.27. The number of hydrazine groups is 1. The van der Waals surface area contributed by atoms with Crippen LogP contribution in [0, 0.1) is 0 Å². The van der Waals surface area contributed by atoms with E-state index in [4.69, 9.17) is 20.1 Å². The Bertz CT molecular complexity index is 309. The molecule has 0 fully saturated rings. The summed E-state index contributed by atoms with van der Waals surface area (Å²) in [6.07, 6.45) is 0. The van der Waals surface area contributed by atoms with Crippen molar-refractivity contribution in [1.82, 2.24) is 5.43 Å². The lowest BCUT2D eigenvalue weighted by Gasteiger charge is -2.13. The third-order valence-electron chi connectivity index (χ3n) is 2.11. The SMILES string of the molecule is COc1cc(OC)cc(OCC(C)NN)c1. The molecule has 0 spiro atoms. The number of nitrogens with one attached hydrogen (secondary N) is 1. The number of rotatable bonds is 6. The van der Waals surface area contributed by atoms with E-state index < -0.39 is 0 Å². The van der Waals surface area contributed by atoms with E-state index in [-0.39, 0.29) is 6.04 Å². The van der Waals surface area contributed by atoms with Gasteiger partial charge in [0.2, 0.25) is 0 Å². The molecule has 0 aromatic heterocycles. The molecule has 90 valence electrons. The van der Waals surface area contributed by atoms with Crippen LogP contribution in [-0.4, -0.2) is 26.9 Å². The molecule has 1 aromatic carbocycles. The lowest BCUT2D eigenvalue weighted by atomic mass is 10.3. The topological polar surface area (TPSA) is 65.7 Å². The summed E-state index contributed by atoms with van der Waals surface area (Å²) < 4.78 is 15.8. The standard InChI is InChI=1S/C11H18N2O3/c1-8(13-12)7-16-11-5-9(14-2)4-10(6-11)15-3/h4-6,8,13H,7,12H2,1-3H3. The maximum atomic E-state index is 5.54. The van der Waals surface area contributed by atoms with Gasteiger partial charge in [0.15, 0.2) is 0 Å². The number of nitrogens with two attached hydrogens (primary N) is 1. The Morgan fingerprint density at radius 2 is 1.62 bits per heavy atom. The van der Waals surface area contributed by atoms with Gasteiger partial charge in [0.05, 0.1) is 20.3 Å². The van der Waals surface area contributed by atoms with Gasteiger partial charge in [-0.2, -0.15) is 0 Å². The molecule has 0 amide bonds. The van der Waals surface area contributed by atoms with Gasteiger partial charge in [-0.15, -0.1) is 0 Å². The first kappa shape index (κ1) is 12.6. The van der Waals surface area contributed by atoms with Gasteiger partial charge < -0.3 is 14.2 Å². The third-order valence-corrected chi connectivity index (χ3v) is 2.11. The first-order valence-electron chi connectivity index (χ1n) is 5.01. The van der Waals surface area contributed by atoms with E-state index in [2.05, 4.69) is 5.43 Å². The maximum Gasteiger partial charge on any atom is 0.126 e. The summed E-state index contributed by atoms with van der Waals surface area (Å²) in [7, 11) is 3.20. The van der Waals surface area contributed by atoms with Gasteiger partial charge in [-0.25, -0.2) is 0 Å². The highest BCUT2D eigenvalue weighted by molar-refractivity contribution is 5.41.